The van der Waals surface area contributed by atoms with Crippen molar-refractivity contribution in [3.05, 3.63) is 29.8 Å². The second-order valence-electron chi connectivity index (χ2n) is 5.38. The summed E-state index contributed by atoms with van der Waals surface area (Å²) in [5.74, 6) is 1.21. The Labute approximate surface area is 108 Å². The molecule has 0 aromatic heterocycles. The molecular weight excluding hydrogens is 226 g/mol. The quantitative estimate of drug-likeness (QED) is 0.786. The highest BCUT2D eigenvalue weighted by molar-refractivity contribution is 5.96. The van der Waals surface area contributed by atoms with Crippen molar-refractivity contribution in [2.75, 3.05) is 0 Å². The largest absolute Gasteiger partial charge is 0.490 e. The Kier molecular flexibility index (Phi) is 4.02. The van der Waals surface area contributed by atoms with Gasteiger partial charge in [-0.25, -0.2) is 0 Å². The standard InChI is InChI=1S/C15H21NO2/c1-10(2)14(16)9-15(17)11-4-3-5-13(8-11)18-12-6-7-12/h3-5,8,10,12,14H,6-7,9,16H2,1-2H3. The van der Waals surface area contributed by atoms with E-state index < -0.39 is 0 Å². The van der Waals surface area contributed by atoms with Crippen LogP contribution in [0.2, 0.25) is 0 Å². The predicted molar refractivity (Wildman–Crippen MR) is 71.9 cm³/mol. The number of nitrogens with two attached hydrogens (primary N) is 1. The molecule has 0 saturated heterocycles. The Bertz CT molecular complexity index is 424. The summed E-state index contributed by atoms with van der Waals surface area (Å²) in [5.41, 5.74) is 6.63. The number of benzene rings is 1. The second kappa shape index (κ2) is 5.53. The summed E-state index contributed by atoms with van der Waals surface area (Å²) in [6.45, 7) is 4.06. The van der Waals surface area contributed by atoms with Crippen LogP contribution in [-0.4, -0.2) is 17.9 Å². The number of hydrogen-bond acceptors (Lipinski definition) is 3. The van der Waals surface area contributed by atoms with Crippen molar-refractivity contribution in [1.29, 1.82) is 0 Å². The zero-order valence-corrected chi connectivity index (χ0v) is 11.1. The van der Waals surface area contributed by atoms with E-state index in [2.05, 4.69) is 0 Å². The minimum atomic E-state index is -0.0782. The molecule has 0 heterocycles. The molecule has 2 rings (SSSR count). The molecule has 98 valence electrons. The first-order valence-electron chi connectivity index (χ1n) is 6.61. The van der Waals surface area contributed by atoms with Gasteiger partial charge in [-0.15, -0.1) is 0 Å². The third-order valence-electron chi connectivity index (χ3n) is 3.26. The second-order valence-corrected chi connectivity index (χ2v) is 5.38. The van der Waals surface area contributed by atoms with Crippen LogP contribution in [0.1, 0.15) is 43.5 Å². The Hall–Kier alpha value is -1.35. The minimum absolute atomic E-state index is 0.0782. The van der Waals surface area contributed by atoms with E-state index in [1.807, 2.05) is 38.1 Å². The lowest BCUT2D eigenvalue weighted by Gasteiger charge is -2.14. The summed E-state index contributed by atoms with van der Waals surface area (Å²) < 4.78 is 5.69. The molecule has 1 unspecified atom stereocenters. The van der Waals surface area contributed by atoms with Gasteiger partial charge in [-0.3, -0.25) is 4.79 Å². The molecule has 1 atom stereocenters. The van der Waals surface area contributed by atoms with Crippen LogP contribution < -0.4 is 10.5 Å². The Balaban J connectivity index is 2.00. The van der Waals surface area contributed by atoms with E-state index in [1.165, 1.54) is 0 Å². The molecule has 18 heavy (non-hydrogen) atoms. The third-order valence-corrected chi connectivity index (χ3v) is 3.26. The molecule has 0 spiro atoms. The van der Waals surface area contributed by atoms with Gasteiger partial charge in [0.05, 0.1) is 6.10 Å². The summed E-state index contributed by atoms with van der Waals surface area (Å²) in [7, 11) is 0. The highest BCUT2D eigenvalue weighted by atomic mass is 16.5. The van der Waals surface area contributed by atoms with Crippen LogP contribution in [0.5, 0.6) is 5.75 Å². The minimum Gasteiger partial charge on any atom is -0.490 e. The van der Waals surface area contributed by atoms with Gasteiger partial charge in [0.25, 0.3) is 0 Å². The first kappa shape index (κ1) is 13.1. The van der Waals surface area contributed by atoms with Gasteiger partial charge in [0.1, 0.15) is 5.75 Å². The van der Waals surface area contributed by atoms with Crippen LogP contribution in [0.4, 0.5) is 0 Å². The number of Topliss-reactive ketones (excluding diaryl/α,β-unsaturated/α-hetero) is 1. The van der Waals surface area contributed by atoms with Gasteiger partial charge < -0.3 is 10.5 Å². The first-order chi connectivity index (χ1) is 8.56. The van der Waals surface area contributed by atoms with Crippen LogP contribution in [0.3, 0.4) is 0 Å². The zero-order valence-electron chi connectivity index (χ0n) is 11.1. The number of ether oxygens (including phenoxy) is 1. The average molecular weight is 247 g/mol. The molecule has 1 aliphatic rings. The van der Waals surface area contributed by atoms with Gasteiger partial charge in [-0.2, -0.15) is 0 Å². The summed E-state index contributed by atoms with van der Waals surface area (Å²) in [5, 5.41) is 0. The van der Waals surface area contributed by atoms with E-state index >= 15 is 0 Å². The van der Waals surface area contributed by atoms with E-state index in [9.17, 15) is 4.79 Å². The molecule has 1 aliphatic carbocycles. The molecule has 3 heteroatoms. The Morgan fingerprint density at radius 2 is 2.17 bits per heavy atom. The van der Waals surface area contributed by atoms with E-state index in [1.54, 1.807) is 0 Å². The van der Waals surface area contributed by atoms with Gasteiger partial charge in [-0.1, -0.05) is 26.0 Å². The fraction of sp³-hybridized carbons (Fsp3) is 0.533. The number of ketones is 1. The van der Waals surface area contributed by atoms with Crippen molar-refractivity contribution < 1.29 is 9.53 Å². The molecule has 0 aliphatic heterocycles. The van der Waals surface area contributed by atoms with Gasteiger partial charge in [0.15, 0.2) is 5.78 Å². The van der Waals surface area contributed by atoms with E-state index in [4.69, 9.17) is 10.5 Å². The predicted octanol–water partition coefficient (Wildman–Crippen LogP) is 2.78. The van der Waals surface area contributed by atoms with Gasteiger partial charge in [-0.05, 0) is 30.9 Å². The van der Waals surface area contributed by atoms with Crippen LogP contribution in [0, 0.1) is 5.92 Å². The fourth-order valence-corrected chi connectivity index (χ4v) is 1.69. The highest BCUT2D eigenvalue weighted by Gasteiger charge is 2.23. The maximum Gasteiger partial charge on any atom is 0.164 e. The first-order valence-corrected chi connectivity index (χ1v) is 6.61. The van der Waals surface area contributed by atoms with E-state index in [0.29, 0.717) is 24.0 Å². The fourth-order valence-electron chi connectivity index (χ4n) is 1.69. The average Bonchev–Trinajstić information content (AvgIpc) is 3.13. The van der Waals surface area contributed by atoms with E-state index in [0.717, 1.165) is 18.6 Å². The van der Waals surface area contributed by atoms with E-state index in [-0.39, 0.29) is 11.8 Å². The van der Waals surface area contributed by atoms with Crippen molar-refractivity contribution >= 4 is 5.78 Å². The molecule has 1 aromatic carbocycles. The summed E-state index contributed by atoms with van der Waals surface area (Å²) in [6.07, 6.45) is 2.99. The van der Waals surface area contributed by atoms with Crippen LogP contribution in [-0.2, 0) is 0 Å². The van der Waals surface area contributed by atoms with Crippen molar-refractivity contribution in [3.8, 4) is 5.75 Å². The van der Waals surface area contributed by atoms with Crippen molar-refractivity contribution in [3.63, 3.8) is 0 Å². The van der Waals surface area contributed by atoms with Crippen LogP contribution in [0.15, 0.2) is 24.3 Å². The maximum absolute atomic E-state index is 12.1. The molecule has 0 radical (unpaired) electrons. The molecule has 1 saturated carbocycles. The normalized spacial score (nSPS) is 16.7. The topological polar surface area (TPSA) is 52.3 Å². The Morgan fingerprint density at radius 3 is 2.78 bits per heavy atom. The molecule has 0 bridgehead atoms. The number of hydrogen-bond donors (Lipinski definition) is 1. The summed E-state index contributed by atoms with van der Waals surface area (Å²) >= 11 is 0. The molecule has 1 aromatic rings. The Morgan fingerprint density at radius 1 is 1.44 bits per heavy atom. The van der Waals surface area contributed by atoms with Gasteiger partial charge in [0, 0.05) is 18.0 Å². The number of carbonyl (C=O) groups is 1. The molecule has 1 fully saturated rings. The van der Waals surface area contributed by atoms with Gasteiger partial charge in [0.2, 0.25) is 0 Å². The smallest absolute Gasteiger partial charge is 0.164 e. The summed E-state index contributed by atoms with van der Waals surface area (Å²) in [4.78, 5) is 12.1. The van der Waals surface area contributed by atoms with Crippen molar-refractivity contribution in [2.24, 2.45) is 11.7 Å². The highest BCUT2D eigenvalue weighted by Crippen LogP contribution is 2.27. The monoisotopic (exact) mass is 247 g/mol. The van der Waals surface area contributed by atoms with Crippen molar-refractivity contribution in [2.45, 2.75) is 45.3 Å². The third kappa shape index (κ3) is 3.57. The van der Waals surface area contributed by atoms with Crippen LogP contribution >= 0.6 is 0 Å². The summed E-state index contributed by atoms with van der Waals surface area (Å²) in [6, 6.07) is 7.34. The van der Waals surface area contributed by atoms with Crippen molar-refractivity contribution in [1.82, 2.24) is 0 Å². The molecule has 2 N–H and O–H groups in total. The number of rotatable bonds is 6. The lowest BCUT2D eigenvalue weighted by Crippen LogP contribution is -2.29. The lowest BCUT2D eigenvalue weighted by atomic mass is 9.96. The SMILES string of the molecule is CC(C)C(N)CC(=O)c1cccc(OC2CC2)c1. The number of carbonyl (C=O) groups excluding carboxylic acids is 1. The molecule has 0 amide bonds. The van der Waals surface area contributed by atoms with Gasteiger partial charge >= 0.3 is 0 Å². The lowest BCUT2D eigenvalue weighted by molar-refractivity contribution is 0.0967. The maximum atomic E-state index is 12.1. The van der Waals surface area contributed by atoms with Crippen LogP contribution in [0.25, 0.3) is 0 Å². The molecular formula is C15H21NO2. The zero-order chi connectivity index (χ0) is 13.1. The molecule has 3 nitrogen and oxygen atoms in total.